The van der Waals surface area contributed by atoms with E-state index in [2.05, 4.69) is 31.3 Å². The third-order valence-electron chi connectivity index (χ3n) is 4.59. The Morgan fingerprint density at radius 3 is 2.37 bits per heavy atom. The lowest BCUT2D eigenvalue weighted by Gasteiger charge is -2.11. The lowest BCUT2D eigenvalue weighted by atomic mass is 10.1. The van der Waals surface area contributed by atoms with Crippen molar-refractivity contribution in [3.05, 3.63) is 58.1 Å². The largest absolute Gasteiger partial charge is 0.348 e. The Balaban J connectivity index is 1.64. The molecule has 9 heteroatoms. The second-order valence-corrected chi connectivity index (χ2v) is 10.1. The molecular weight excluding hydrogens is 470 g/mol. The number of sulfonamides is 1. The van der Waals surface area contributed by atoms with Crippen molar-refractivity contribution in [2.75, 3.05) is 5.32 Å². The first kappa shape index (κ1) is 22.5. The summed E-state index contributed by atoms with van der Waals surface area (Å²) < 4.78 is 27.9. The first-order chi connectivity index (χ1) is 14.2. The quantitative estimate of drug-likeness (QED) is 0.523. The standard InChI is InChI=1S/C21H24BrN3O4S/c1-13(2)20(26)24-15-5-3-14(4-6-15)12-23-21(27)18-11-17(9-10-19(18)22)30(28,29)25-16-7-8-16/h3-6,9-11,13,16,25H,7-8,12H2,1-2H3,(H,23,27)(H,24,26). The summed E-state index contributed by atoms with van der Waals surface area (Å²) in [5.74, 6) is -0.559. The van der Waals surface area contributed by atoms with Gasteiger partial charge in [0.1, 0.15) is 0 Å². The van der Waals surface area contributed by atoms with Crippen LogP contribution in [-0.2, 0) is 21.4 Å². The molecule has 0 saturated heterocycles. The Labute approximate surface area is 184 Å². The Morgan fingerprint density at radius 1 is 1.10 bits per heavy atom. The molecule has 1 aliphatic rings. The topological polar surface area (TPSA) is 104 Å². The normalized spacial score (nSPS) is 13.9. The van der Waals surface area contributed by atoms with Crippen LogP contribution in [0.15, 0.2) is 51.8 Å². The summed E-state index contributed by atoms with van der Waals surface area (Å²) in [6.45, 7) is 3.90. The van der Waals surface area contributed by atoms with E-state index in [0.717, 1.165) is 18.4 Å². The van der Waals surface area contributed by atoms with Crippen molar-refractivity contribution in [1.82, 2.24) is 10.0 Å². The van der Waals surface area contributed by atoms with E-state index in [1.54, 1.807) is 18.2 Å². The monoisotopic (exact) mass is 493 g/mol. The van der Waals surface area contributed by atoms with E-state index >= 15 is 0 Å². The van der Waals surface area contributed by atoms with Gasteiger partial charge >= 0.3 is 0 Å². The zero-order valence-corrected chi connectivity index (χ0v) is 19.1. The molecule has 2 aromatic rings. The average Bonchev–Trinajstić information content (AvgIpc) is 3.50. The van der Waals surface area contributed by atoms with Crippen molar-refractivity contribution in [3.8, 4) is 0 Å². The highest BCUT2D eigenvalue weighted by Gasteiger charge is 2.28. The first-order valence-corrected chi connectivity index (χ1v) is 11.9. The Bertz CT molecular complexity index is 1050. The number of nitrogens with one attached hydrogen (secondary N) is 3. The molecule has 1 saturated carbocycles. The minimum absolute atomic E-state index is 0.00998. The summed E-state index contributed by atoms with van der Waals surface area (Å²) in [5, 5.41) is 5.60. The van der Waals surface area contributed by atoms with Crippen molar-refractivity contribution in [2.45, 2.75) is 44.2 Å². The summed E-state index contributed by atoms with van der Waals surface area (Å²) in [7, 11) is -3.64. The Kier molecular flexibility index (Phi) is 6.95. The van der Waals surface area contributed by atoms with Crippen molar-refractivity contribution in [2.24, 2.45) is 5.92 Å². The number of hydrogen-bond acceptors (Lipinski definition) is 4. The maximum Gasteiger partial charge on any atom is 0.252 e. The van der Waals surface area contributed by atoms with Gasteiger partial charge in [-0.15, -0.1) is 0 Å². The summed E-state index contributed by atoms with van der Waals surface area (Å²) in [6, 6.07) is 11.6. The van der Waals surface area contributed by atoms with E-state index in [1.165, 1.54) is 12.1 Å². The predicted molar refractivity (Wildman–Crippen MR) is 119 cm³/mol. The van der Waals surface area contributed by atoms with Crippen LogP contribution in [0.5, 0.6) is 0 Å². The van der Waals surface area contributed by atoms with E-state index < -0.39 is 10.0 Å². The maximum absolute atomic E-state index is 12.6. The fraction of sp³-hybridized carbons (Fsp3) is 0.333. The van der Waals surface area contributed by atoms with Crippen LogP contribution in [0.2, 0.25) is 0 Å². The summed E-state index contributed by atoms with van der Waals surface area (Å²) >= 11 is 3.31. The number of rotatable bonds is 8. The van der Waals surface area contributed by atoms with Crippen molar-refractivity contribution in [1.29, 1.82) is 0 Å². The maximum atomic E-state index is 12.6. The molecule has 2 amide bonds. The van der Waals surface area contributed by atoms with Gasteiger partial charge in [0, 0.05) is 28.7 Å². The van der Waals surface area contributed by atoms with Gasteiger partial charge in [-0.05, 0) is 64.7 Å². The van der Waals surface area contributed by atoms with Crippen molar-refractivity contribution < 1.29 is 18.0 Å². The van der Waals surface area contributed by atoms with Gasteiger partial charge in [-0.2, -0.15) is 0 Å². The van der Waals surface area contributed by atoms with Crippen molar-refractivity contribution >= 4 is 43.5 Å². The van der Waals surface area contributed by atoms with Gasteiger partial charge in [-0.25, -0.2) is 13.1 Å². The molecule has 0 unspecified atom stereocenters. The summed E-state index contributed by atoms with van der Waals surface area (Å²) in [4.78, 5) is 24.4. The SMILES string of the molecule is CC(C)C(=O)Nc1ccc(CNC(=O)c2cc(S(=O)(=O)NC3CC3)ccc2Br)cc1. The minimum atomic E-state index is -3.64. The Hall–Kier alpha value is -2.23. The van der Waals surface area contributed by atoms with E-state index in [1.807, 2.05) is 26.0 Å². The van der Waals surface area contributed by atoms with Crippen LogP contribution in [0.4, 0.5) is 5.69 Å². The molecule has 1 fully saturated rings. The van der Waals surface area contributed by atoms with Crippen LogP contribution in [0, 0.1) is 5.92 Å². The third kappa shape index (κ3) is 5.90. The molecule has 0 heterocycles. The van der Waals surface area contributed by atoms with Crippen LogP contribution < -0.4 is 15.4 Å². The molecule has 7 nitrogen and oxygen atoms in total. The van der Waals surface area contributed by atoms with E-state index in [9.17, 15) is 18.0 Å². The number of carbonyl (C=O) groups is 2. The molecule has 0 spiro atoms. The van der Waals surface area contributed by atoms with Gasteiger partial charge in [-0.3, -0.25) is 9.59 Å². The molecule has 1 aliphatic carbocycles. The highest BCUT2D eigenvalue weighted by Crippen LogP contribution is 2.25. The van der Waals surface area contributed by atoms with Gasteiger partial charge < -0.3 is 10.6 Å². The number of hydrogen-bond donors (Lipinski definition) is 3. The average molecular weight is 494 g/mol. The molecule has 0 radical (unpaired) electrons. The highest BCUT2D eigenvalue weighted by atomic mass is 79.9. The van der Waals surface area contributed by atoms with Gasteiger partial charge in [-0.1, -0.05) is 26.0 Å². The number of anilines is 1. The molecule has 160 valence electrons. The minimum Gasteiger partial charge on any atom is -0.348 e. The van der Waals surface area contributed by atoms with E-state index in [-0.39, 0.29) is 40.8 Å². The van der Waals surface area contributed by atoms with Crippen LogP contribution in [0.3, 0.4) is 0 Å². The van der Waals surface area contributed by atoms with Crippen LogP contribution >= 0.6 is 15.9 Å². The fourth-order valence-electron chi connectivity index (χ4n) is 2.60. The third-order valence-corrected chi connectivity index (χ3v) is 6.80. The van der Waals surface area contributed by atoms with E-state index in [4.69, 9.17) is 0 Å². The second kappa shape index (κ2) is 9.28. The number of amides is 2. The number of halogens is 1. The molecule has 0 bridgehead atoms. The number of benzene rings is 2. The van der Waals surface area contributed by atoms with Crippen molar-refractivity contribution in [3.63, 3.8) is 0 Å². The lowest BCUT2D eigenvalue weighted by molar-refractivity contribution is -0.118. The predicted octanol–water partition coefficient (Wildman–Crippen LogP) is 3.41. The zero-order chi connectivity index (χ0) is 21.9. The molecule has 30 heavy (non-hydrogen) atoms. The van der Waals surface area contributed by atoms with Gasteiger partial charge in [0.25, 0.3) is 5.91 Å². The molecule has 0 aromatic heterocycles. The molecule has 2 aromatic carbocycles. The molecule has 0 aliphatic heterocycles. The van der Waals surface area contributed by atoms with Gasteiger partial charge in [0.15, 0.2) is 0 Å². The zero-order valence-electron chi connectivity index (χ0n) is 16.7. The molecule has 3 rings (SSSR count). The molecule has 3 N–H and O–H groups in total. The van der Waals surface area contributed by atoms with Crippen LogP contribution in [-0.4, -0.2) is 26.3 Å². The van der Waals surface area contributed by atoms with Gasteiger partial charge in [0.2, 0.25) is 15.9 Å². The summed E-state index contributed by atoms with van der Waals surface area (Å²) in [6.07, 6.45) is 1.67. The van der Waals surface area contributed by atoms with Crippen LogP contribution in [0.25, 0.3) is 0 Å². The number of carbonyl (C=O) groups excluding carboxylic acids is 2. The highest BCUT2D eigenvalue weighted by molar-refractivity contribution is 9.10. The fourth-order valence-corrected chi connectivity index (χ4v) is 4.36. The first-order valence-electron chi connectivity index (χ1n) is 9.65. The molecule has 0 atom stereocenters. The van der Waals surface area contributed by atoms with Gasteiger partial charge in [0.05, 0.1) is 10.5 Å². The molecular formula is C21H24BrN3O4S. The van der Waals surface area contributed by atoms with E-state index in [0.29, 0.717) is 10.2 Å². The lowest BCUT2D eigenvalue weighted by Crippen LogP contribution is -2.27. The second-order valence-electron chi connectivity index (χ2n) is 7.56. The Morgan fingerprint density at radius 2 is 1.77 bits per heavy atom. The smallest absolute Gasteiger partial charge is 0.252 e. The van der Waals surface area contributed by atoms with Crippen LogP contribution in [0.1, 0.15) is 42.6 Å². The summed E-state index contributed by atoms with van der Waals surface area (Å²) in [5.41, 5.74) is 1.78.